The molecule has 1 saturated heterocycles. The fourth-order valence-electron chi connectivity index (χ4n) is 3.75. The molecule has 8 nitrogen and oxygen atoms in total. The van der Waals surface area contributed by atoms with Crippen LogP contribution in [0.5, 0.6) is 17.2 Å². The lowest BCUT2D eigenvalue weighted by Gasteiger charge is -2.26. The monoisotopic (exact) mass is 548 g/mol. The van der Waals surface area contributed by atoms with E-state index in [0.29, 0.717) is 31.3 Å². The van der Waals surface area contributed by atoms with Crippen molar-refractivity contribution in [1.29, 1.82) is 0 Å². The molecule has 1 heterocycles. The Morgan fingerprint density at radius 2 is 1.78 bits per heavy atom. The van der Waals surface area contributed by atoms with Gasteiger partial charge in [-0.2, -0.15) is 4.31 Å². The topological polar surface area (TPSA) is 94.2 Å². The number of nitrogens with zero attached hydrogens (tertiary/aromatic N) is 1. The minimum atomic E-state index is -3.85. The number of nitrogens with one attached hydrogen (secondary N) is 1. The first-order chi connectivity index (χ1) is 17.8. The van der Waals surface area contributed by atoms with Crippen molar-refractivity contribution in [1.82, 2.24) is 4.31 Å². The van der Waals surface area contributed by atoms with Crippen LogP contribution in [0, 0.1) is 5.82 Å². The Labute approximate surface area is 220 Å². The molecular formula is C26H26ClFN2O6S. The molecule has 0 saturated carbocycles. The van der Waals surface area contributed by atoms with Gasteiger partial charge in [0.15, 0.2) is 5.75 Å². The molecule has 0 aromatic heterocycles. The summed E-state index contributed by atoms with van der Waals surface area (Å²) in [5, 5.41) is 2.77. The highest BCUT2D eigenvalue weighted by atomic mass is 35.5. The van der Waals surface area contributed by atoms with Crippen LogP contribution < -0.4 is 14.8 Å². The van der Waals surface area contributed by atoms with Crippen LogP contribution in [0.25, 0.3) is 0 Å². The number of halogens is 2. The number of benzene rings is 3. The summed E-state index contributed by atoms with van der Waals surface area (Å²) in [6, 6.07) is 15.2. The van der Waals surface area contributed by atoms with Gasteiger partial charge in [0.1, 0.15) is 17.3 Å². The van der Waals surface area contributed by atoms with Gasteiger partial charge in [-0.3, -0.25) is 4.79 Å². The van der Waals surface area contributed by atoms with Crippen molar-refractivity contribution >= 4 is 33.2 Å². The lowest BCUT2D eigenvalue weighted by Crippen LogP contribution is -2.40. The first-order valence-corrected chi connectivity index (χ1v) is 13.4. The van der Waals surface area contributed by atoms with Crippen LogP contribution in [0.4, 0.5) is 10.1 Å². The van der Waals surface area contributed by atoms with E-state index in [2.05, 4.69) is 5.32 Å². The zero-order chi connectivity index (χ0) is 26.4. The minimum Gasteiger partial charge on any atom is -0.494 e. The Kier molecular flexibility index (Phi) is 8.65. The Hall–Kier alpha value is -3.18. The zero-order valence-electron chi connectivity index (χ0n) is 20.1. The van der Waals surface area contributed by atoms with Gasteiger partial charge in [0.25, 0.3) is 0 Å². The average molecular weight is 549 g/mol. The molecule has 196 valence electrons. The van der Waals surface area contributed by atoms with Gasteiger partial charge in [0.2, 0.25) is 15.9 Å². The molecular weight excluding hydrogens is 523 g/mol. The number of hydrogen-bond acceptors (Lipinski definition) is 6. The van der Waals surface area contributed by atoms with Crippen LogP contribution in [0.1, 0.15) is 12.5 Å². The molecule has 0 radical (unpaired) electrons. The van der Waals surface area contributed by atoms with E-state index >= 15 is 0 Å². The van der Waals surface area contributed by atoms with Crippen LogP contribution in [0.3, 0.4) is 0 Å². The number of carbonyl (C=O) groups excluding carboxylic acids is 1. The molecule has 4 rings (SSSR count). The normalized spacial score (nSPS) is 14.2. The molecule has 0 unspecified atom stereocenters. The van der Waals surface area contributed by atoms with E-state index in [1.54, 1.807) is 24.3 Å². The van der Waals surface area contributed by atoms with Crippen molar-refractivity contribution in [3.63, 3.8) is 0 Å². The predicted molar refractivity (Wildman–Crippen MR) is 137 cm³/mol. The van der Waals surface area contributed by atoms with Gasteiger partial charge in [0.05, 0.1) is 36.8 Å². The summed E-state index contributed by atoms with van der Waals surface area (Å²) in [5.41, 5.74) is 0.147. The maximum atomic E-state index is 14.2. The zero-order valence-corrected chi connectivity index (χ0v) is 21.6. The number of anilines is 1. The molecule has 0 aliphatic carbocycles. The molecule has 1 amide bonds. The highest BCUT2D eigenvalue weighted by Crippen LogP contribution is 2.34. The fraction of sp³-hybridized carbons (Fsp3) is 0.269. The molecule has 3 aromatic carbocycles. The van der Waals surface area contributed by atoms with Crippen molar-refractivity contribution < 1.29 is 31.8 Å². The Morgan fingerprint density at radius 3 is 2.46 bits per heavy atom. The summed E-state index contributed by atoms with van der Waals surface area (Å²) in [6.45, 7) is 3.43. The maximum Gasteiger partial charge on any atom is 0.243 e. The van der Waals surface area contributed by atoms with Crippen molar-refractivity contribution in [2.45, 2.75) is 18.2 Å². The summed E-state index contributed by atoms with van der Waals surface area (Å²) in [7, 11) is -3.85. The molecule has 1 aliphatic rings. The number of carbonyl (C=O) groups is 1. The van der Waals surface area contributed by atoms with Gasteiger partial charge in [-0.15, -0.1) is 0 Å². The highest BCUT2D eigenvalue weighted by Gasteiger charge is 2.27. The van der Waals surface area contributed by atoms with E-state index in [1.807, 2.05) is 6.92 Å². The van der Waals surface area contributed by atoms with Gasteiger partial charge < -0.3 is 19.5 Å². The van der Waals surface area contributed by atoms with E-state index < -0.39 is 21.7 Å². The average Bonchev–Trinajstić information content (AvgIpc) is 2.89. The van der Waals surface area contributed by atoms with Gasteiger partial charge in [-0.1, -0.05) is 17.7 Å². The molecule has 11 heteroatoms. The van der Waals surface area contributed by atoms with E-state index in [4.69, 9.17) is 25.8 Å². The number of rotatable bonds is 9. The number of morpholine rings is 1. The third-order valence-corrected chi connectivity index (χ3v) is 7.84. The Morgan fingerprint density at radius 1 is 1.08 bits per heavy atom. The summed E-state index contributed by atoms with van der Waals surface area (Å²) < 4.78 is 58.6. The molecule has 0 spiro atoms. The summed E-state index contributed by atoms with van der Waals surface area (Å²) in [5.74, 6) is 0.108. The van der Waals surface area contributed by atoms with Crippen LogP contribution in [0.2, 0.25) is 5.02 Å². The number of ether oxygens (including phenoxy) is 3. The lowest BCUT2D eigenvalue weighted by atomic mass is 10.1. The lowest BCUT2D eigenvalue weighted by molar-refractivity contribution is -0.115. The number of amides is 1. The molecule has 1 fully saturated rings. The summed E-state index contributed by atoms with van der Waals surface area (Å²) in [6.07, 6.45) is -0.353. The van der Waals surface area contributed by atoms with E-state index in [1.165, 1.54) is 40.7 Å². The summed E-state index contributed by atoms with van der Waals surface area (Å²) >= 11 is 6.07. The van der Waals surface area contributed by atoms with Gasteiger partial charge in [0, 0.05) is 23.7 Å². The third-order valence-electron chi connectivity index (χ3n) is 5.59. The third kappa shape index (κ3) is 6.58. The van der Waals surface area contributed by atoms with E-state index in [0.717, 1.165) is 0 Å². The van der Waals surface area contributed by atoms with Gasteiger partial charge in [-0.25, -0.2) is 12.8 Å². The molecule has 3 aromatic rings. The second-order valence-corrected chi connectivity index (χ2v) is 10.5. The Balaban J connectivity index is 1.64. The van der Waals surface area contributed by atoms with E-state index in [-0.39, 0.29) is 46.4 Å². The van der Waals surface area contributed by atoms with Crippen LogP contribution >= 0.6 is 11.6 Å². The molecule has 37 heavy (non-hydrogen) atoms. The molecule has 0 atom stereocenters. The van der Waals surface area contributed by atoms with Crippen LogP contribution in [0.15, 0.2) is 65.6 Å². The van der Waals surface area contributed by atoms with E-state index in [9.17, 15) is 17.6 Å². The number of hydrogen-bond donors (Lipinski definition) is 1. The first kappa shape index (κ1) is 26.9. The standard InChI is InChI=1S/C26H26ClFN2O6S/c1-2-35-18-6-8-19(9-7-18)36-25-11-10-20(37(32,33)30-12-14-34-15-13-30)16-24(25)29-26(31)17-21-22(27)4-3-5-23(21)28/h3-11,16H,2,12-15,17H2,1H3,(H,29,31). The minimum absolute atomic E-state index is 0.0207. The van der Waals surface area contributed by atoms with Crippen LogP contribution in [-0.2, 0) is 26.0 Å². The maximum absolute atomic E-state index is 14.2. The summed E-state index contributed by atoms with van der Waals surface area (Å²) in [4.78, 5) is 12.9. The first-order valence-electron chi connectivity index (χ1n) is 11.6. The second-order valence-electron chi connectivity index (χ2n) is 8.11. The highest BCUT2D eigenvalue weighted by molar-refractivity contribution is 7.89. The smallest absolute Gasteiger partial charge is 0.243 e. The second kappa shape index (κ2) is 11.9. The fourth-order valence-corrected chi connectivity index (χ4v) is 5.41. The van der Waals surface area contributed by atoms with Crippen molar-refractivity contribution in [2.75, 3.05) is 38.2 Å². The largest absolute Gasteiger partial charge is 0.494 e. The van der Waals surface area contributed by atoms with Crippen molar-refractivity contribution in [2.24, 2.45) is 0 Å². The molecule has 1 N–H and O–H groups in total. The van der Waals surface area contributed by atoms with Gasteiger partial charge in [-0.05, 0) is 61.5 Å². The molecule has 1 aliphatic heterocycles. The molecule has 0 bridgehead atoms. The SMILES string of the molecule is CCOc1ccc(Oc2ccc(S(=O)(=O)N3CCOCC3)cc2NC(=O)Cc2c(F)cccc2Cl)cc1. The van der Waals surface area contributed by atoms with Crippen LogP contribution in [-0.4, -0.2) is 51.5 Å². The quantitative estimate of drug-likeness (QED) is 0.410. The Bertz CT molecular complexity index is 1340. The van der Waals surface area contributed by atoms with Crippen molar-refractivity contribution in [3.8, 4) is 17.2 Å². The number of sulfonamides is 1. The predicted octanol–water partition coefficient (Wildman–Crippen LogP) is 4.87. The van der Waals surface area contributed by atoms with Gasteiger partial charge >= 0.3 is 0 Å². The van der Waals surface area contributed by atoms with Crippen molar-refractivity contribution in [3.05, 3.63) is 77.1 Å².